The van der Waals surface area contributed by atoms with Crippen molar-refractivity contribution in [2.45, 2.75) is 6.61 Å². The predicted octanol–water partition coefficient (Wildman–Crippen LogP) is 5.94. The van der Waals surface area contributed by atoms with Crippen LogP contribution in [-0.4, -0.2) is 30.3 Å². The highest BCUT2D eigenvalue weighted by Crippen LogP contribution is 2.29. The van der Waals surface area contributed by atoms with Crippen LogP contribution in [0.25, 0.3) is 0 Å². The first kappa shape index (κ1) is 22.9. The molecule has 160 valence electrons. The molecule has 0 saturated carbocycles. The Hall–Kier alpha value is -2.73. The van der Waals surface area contributed by atoms with Crippen molar-refractivity contribution in [2.75, 3.05) is 18.9 Å². The zero-order valence-corrected chi connectivity index (χ0v) is 18.8. The molecule has 0 saturated heterocycles. The van der Waals surface area contributed by atoms with Crippen LogP contribution in [0.2, 0.25) is 15.1 Å². The second-order valence-electron chi connectivity index (χ2n) is 6.72. The van der Waals surface area contributed by atoms with E-state index in [1.807, 2.05) is 12.1 Å². The van der Waals surface area contributed by atoms with Crippen molar-refractivity contribution in [1.29, 1.82) is 0 Å². The number of ether oxygens (including phenoxy) is 1. The molecule has 0 unspecified atom stereocenters. The van der Waals surface area contributed by atoms with Crippen LogP contribution in [0.4, 0.5) is 5.69 Å². The van der Waals surface area contributed by atoms with Gasteiger partial charge in [0.25, 0.3) is 5.91 Å². The van der Waals surface area contributed by atoms with Crippen molar-refractivity contribution in [3.63, 3.8) is 0 Å². The molecule has 8 heteroatoms. The van der Waals surface area contributed by atoms with Crippen molar-refractivity contribution < 1.29 is 14.3 Å². The maximum atomic E-state index is 12.9. The molecule has 0 radical (unpaired) electrons. The van der Waals surface area contributed by atoms with Crippen LogP contribution >= 0.6 is 34.8 Å². The molecule has 0 fully saturated rings. The van der Waals surface area contributed by atoms with Crippen molar-refractivity contribution in [1.82, 2.24) is 4.90 Å². The quantitative estimate of drug-likeness (QED) is 0.458. The number of rotatable bonds is 7. The zero-order valence-electron chi connectivity index (χ0n) is 16.6. The van der Waals surface area contributed by atoms with Gasteiger partial charge in [-0.15, -0.1) is 0 Å². The number of hydrogen-bond donors (Lipinski definition) is 1. The number of halogens is 3. The summed E-state index contributed by atoms with van der Waals surface area (Å²) < 4.78 is 5.84. The molecule has 0 aliphatic heterocycles. The third kappa shape index (κ3) is 6.14. The second kappa shape index (κ2) is 10.5. The van der Waals surface area contributed by atoms with E-state index in [0.29, 0.717) is 32.1 Å². The lowest BCUT2D eigenvalue weighted by Crippen LogP contribution is -2.35. The minimum Gasteiger partial charge on any atom is -0.488 e. The summed E-state index contributed by atoms with van der Waals surface area (Å²) in [5.41, 5.74) is 1.57. The lowest BCUT2D eigenvalue weighted by molar-refractivity contribution is -0.116. The summed E-state index contributed by atoms with van der Waals surface area (Å²) in [6, 6.07) is 19.0. The predicted molar refractivity (Wildman–Crippen MR) is 124 cm³/mol. The standard InChI is InChI=1S/C23H19Cl3N2O3/c1-28(13-21(29)27-22-18(25)6-4-7-19(22)26)23(30)17-5-2-3-8-20(17)31-14-15-9-11-16(24)12-10-15/h2-12H,13-14H2,1H3,(H,27,29). The average molecular weight is 478 g/mol. The van der Waals surface area contributed by atoms with Crippen LogP contribution in [0.3, 0.4) is 0 Å². The molecule has 0 atom stereocenters. The average Bonchev–Trinajstić information content (AvgIpc) is 2.75. The molecule has 5 nitrogen and oxygen atoms in total. The summed E-state index contributed by atoms with van der Waals surface area (Å²) in [5.74, 6) is -0.360. The molecule has 1 N–H and O–H groups in total. The molecule has 0 bridgehead atoms. The number of carbonyl (C=O) groups excluding carboxylic acids is 2. The summed E-state index contributed by atoms with van der Waals surface area (Å²) in [7, 11) is 1.53. The van der Waals surface area contributed by atoms with E-state index in [4.69, 9.17) is 39.5 Å². The fraction of sp³-hybridized carbons (Fsp3) is 0.130. The Bertz CT molecular complexity index is 1070. The smallest absolute Gasteiger partial charge is 0.257 e. The molecule has 31 heavy (non-hydrogen) atoms. The lowest BCUT2D eigenvalue weighted by Gasteiger charge is -2.19. The largest absolute Gasteiger partial charge is 0.488 e. The second-order valence-corrected chi connectivity index (χ2v) is 7.97. The van der Waals surface area contributed by atoms with Crippen LogP contribution < -0.4 is 10.1 Å². The third-order valence-electron chi connectivity index (χ3n) is 4.38. The first-order valence-electron chi connectivity index (χ1n) is 9.30. The van der Waals surface area contributed by atoms with Crippen molar-refractivity contribution in [3.8, 4) is 5.75 Å². The fourth-order valence-corrected chi connectivity index (χ4v) is 3.42. The van der Waals surface area contributed by atoms with Gasteiger partial charge in [0.05, 0.1) is 27.8 Å². The number of para-hydroxylation sites is 2. The number of anilines is 1. The molecule has 0 aromatic heterocycles. The van der Waals surface area contributed by atoms with Crippen LogP contribution in [0.1, 0.15) is 15.9 Å². The monoisotopic (exact) mass is 476 g/mol. The number of nitrogens with zero attached hydrogens (tertiary/aromatic N) is 1. The maximum Gasteiger partial charge on any atom is 0.257 e. The van der Waals surface area contributed by atoms with Gasteiger partial charge >= 0.3 is 0 Å². The van der Waals surface area contributed by atoms with Gasteiger partial charge in [0.2, 0.25) is 5.91 Å². The van der Waals surface area contributed by atoms with Crippen LogP contribution in [0.5, 0.6) is 5.75 Å². The van der Waals surface area contributed by atoms with E-state index in [0.717, 1.165) is 5.56 Å². The van der Waals surface area contributed by atoms with Gasteiger partial charge in [0, 0.05) is 12.1 Å². The summed E-state index contributed by atoms with van der Waals surface area (Å²) in [5, 5.41) is 3.91. The highest BCUT2D eigenvalue weighted by Gasteiger charge is 2.20. The summed E-state index contributed by atoms with van der Waals surface area (Å²) in [6.45, 7) is 0.0859. The van der Waals surface area contributed by atoms with E-state index in [2.05, 4.69) is 5.32 Å². The minimum atomic E-state index is -0.426. The minimum absolute atomic E-state index is 0.189. The van der Waals surface area contributed by atoms with Crippen molar-refractivity contribution >= 4 is 52.3 Å². The van der Waals surface area contributed by atoms with Gasteiger partial charge in [-0.3, -0.25) is 9.59 Å². The van der Waals surface area contributed by atoms with Gasteiger partial charge in [-0.2, -0.15) is 0 Å². The van der Waals surface area contributed by atoms with Crippen molar-refractivity contribution in [3.05, 3.63) is 92.9 Å². The first-order valence-corrected chi connectivity index (χ1v) is 10.4. The van der Waals surface area contributed by atoms with Gasteiger partial charge in [0.15, 0.2) is 0 Å². The number of likely N-dealkylation sites (N-methyl/N-ethyl adjacent to an activating group) is 1. The molecule has 3 aromatic carbocycles. The molecule has 0 heterocycles. The topological polar surface area (TPSA) is 58.6 Å². The highest BCUT2D eigenvalue weighted by molar-refractivity contribution is 6.39. The van der Waals surface area contributed by atoms with Gasteiger partial charge < -0.3 is 15.0 Å². The first-order chi connectivity index (χ1) is 14.8. The van der Waals surface area contributed by atoms with E-state index in [9.17, 15) is 9.59 Å². The summed E-state index contributed by atoms with van der Waals surface area (Å²) >= 11 is 18.1. The molecular weight excluding hydrogens is 459 g/mol. The zero-order chi connectivity index (χ0) is 22.4. The fourth-order valence-electron chi connectivity index (χ4n) is 2.80. The van der Waals surface area contributed by atoms with Gasteiger partial charge in [-0.25, -0.2) is 0 Å². The molecular formula is C23H19Cl3N2O3. The van der Waals surface area contributed by atoms with E-state index in [1.165, 1.54) is 11.9 Å². The number of hydrogen-bond acceptors (Lipinski definition) is 3. The Morgan fingerprint density at radius 2 is 1.55 bits per heavy atom. The summed E-state index contributed by atoms with van der Waals surface area (Å²) in [6.07, 6.45) is 0. The van der Waals surface area contributed by atoms with Gasteiger partial charge in [-0.05, 0) is 42.0 Å². The van der Waals surface area contributed by atoms with Gasteiger partial charge in [-0.1, -0.05) is 65.1 Å². The number of nitrogens with one attached hydrogen (secondary N) is 1. The number of carbonyl (C=O) groups is 2. The molecule has 2 amide bonds. The van der Waals surface area contributed by atoms with Crippen LogP contribution in [0, 0.1) is 0 Å². The molecule has 3 aromatic rings. The Kier molecular flexibility index (Phi) is 7.80. The Morgan fingerprint density at radius 1 is 0.903 bits per heavy atom. The van der Waals surface area contributed by atoms with Gasteiger partial charge in [0.1, 0.15) is 12.4 Å². The lowest BCUT2D eigenvalue weighted by atomic mass is 10.1. The van der Waals surface area contributed by atoms with E-state index < -0.39 is 5.91 Å². The van der Waals surface area contributed by atoms with Crippen molar-refractivity contribution in [2.24, 2.45) is 0 Å². The Balaban J connectivity index is 1.66. The van der Waals surface area contributed by atoms with E-state index in [1.54, 1.807) is 54.6 Å². The Labute approximate surface area is 195 Å². The number of benzene rings is 3. The van der Waals surface area contributed by atoms with E-state index in [-0.39, 0.29) is 19.1 Å². The maximum absolute atomic E-state index is 12.9. The summed E-state index contributed by atoms with van der Waals surface area (Å²) in [4.78, 5) is 26.7. The normalized spacial score (nSPS) is 10.5. The third-order valence-corrected chi connectivity index (χ3v) is 5.26. The SMILES string of the molecule is CN(CC(=O)Nc1c(Cl)cccc1Cl)C(=O)c1ccccc1OCc1ccc(Cl)cc1. The molecule has 0 spiro atoms. The molecule has 0 aliphatic rings. The van der Waals surface area contributed by atoms with Crippen LogP contribution in [-0.2, 0) is 11.4 Å². The Morgan fingerprint density at radius 3 is 2.23 bits per heavy atom. The highest BCUT2D eigenvalue weighted by atomic mass is 35.5. The molecule has 0 aliphatic carbocycles. The van der Waals surface area contributed by atoms with Crippen LogP contribution in [0.15, 0.2) is 66.7 Å². The van der Waals surface area contributed by atoms with E-state index >= 15 is 0 Å². The molecule has 3 rings (SSSR count). The number of amides is 2.